The first-order valence-electron chi connectivity index (χ1n) is 5.78. The molecule has 0 radical (unpaired) electrons. The average Bonchev–Trinajstić information content (AvgIpc) is 3.10. The van der Waals surface area contributed by atoms with E-state index in [0.717, 1.165) is 12.8 Å². The molecule has 0 heterocycles. The predicted molar refractivity (Wildman–Crippen MR) is 64.5 cm³/mol. The lowest BCUT2D eigenvalue weighted by molar-refractivity contribution is 0.0697. The van der Waals surface area contributed by atoms with Crippen LogP contribution in [0.15, 0.2) is 24.3 Å². The molecule has 1 saturated carbocycles. The van der Waals surface area contributed by atoms with Crippen LogP contribution in [0, 0.1) is 0 Å². The molecule has 18 heavy (non-hydrogen) atoms. The smallest absolute Gasteiger partial charge is 0.335 e. The molecule has 1 aliphatic carbocycles. The van der Waals surface area contributed by atoms with Gasteiger partial charge in [0.15, 0.2) is 0 Å². The number of carbonyl (C=O) groups is 2. The van der Waals surface area contributed by atoms with Crippen molar-refractivity contribution in [2.75, 3.05) is 0 Å². The second kappa shape index (κ2) is 4.42. The number of carbonyl (C=O) groups excluding carboxylic acids is 1. The largest absolute Gasteiger partial charge is 0.478 e. The molecule has 0 aromatic heterocycles. The first-order valence-corrected chi connectivity index (χ1v) is 5.78. The van der Waals surface area contributed by atoms with Gasteiger partial charge in [-0.25, -0.2) is 4.79 Å². The number of hydrogen-bond acceptors (Lipinski definition) is 3. The van der Waals surface area contributed by atoms with Gasteiger partial charge in [-0.15, -0.1) is 0 Å². The van der Waals surface area contributed by atoms with Crippen molar-refractivity contribution in [2.45, 2.75) is 31.4 Å². The highest BCUT2D eigenvalue weighted by Crippen LogP contribution is 2.38. The summed E-state index contributed by atoms with van der Waals surface area (Å²) in [6.07, 6.45) is 0.883. The summed E-state index contributed by atoms with van der Waals surface area (Å²) in [6, 6.07) is 5.84. The van der Waals surface area contributed by atoms with Gasteiger partial charge in [-0.05, 0) is 38.0 Å². The molecule has 96 valence electrons. The Labute approximate surface area is 104 Å². The highest BCUT2D eigenvalue weighted by Gasteiger charge is 2.48. The van der Waals surface area contributed by atoms with Gasteiger partial charge in [0.1, 0.15) is 0 Å². The zero-order chi connectivity index (χ0) is 13.3. The standard InChI is InChI=1S/C13H15NO4/c1-8(15)13(5-6-13)14-11(16)9-3-2-4-10(7-9)12(17)18/h2-4,7-8,15H,5-6H2,1H3,(H,14,16)(H,17,18). The predicted octanol–water partition coefficient (Wildman–Crippen LogP) is 1.03. The van der Waals surface area contributed by atoms with Gasteiger partial charge in [0.2, 0.25) is 0 Å². The van der Waals surface area contributed by atoms with Crippen LogP contribution in [0.25, 0.3) is 0 Å². The van der Waals surface area contributed by atoms with Gasteiger partial charge in [-0.2, -0.15) is 0 Å². The van der Waals surface area contributed by atoms with Crippen molar-refractivity contribution < 1.29 is 19.8 Å². The van der Waals surface area contributed by atoms with Gasteiger partial charge in [0.25, 0.3) is 5.91 Å². The highest BCUT2D eigenvalue weighted by molar-refractivity contribution is 5.98. The van der Waals surface area contributed by atoms with E-state index < -0.39 is 17.6 Å². The molecule has 3 N–H and O–H groups in total. The third-order valence-corrected chi connectivity index (χ3v) is 3.32. The molecule has 1 aliphatic rings. The van der Waals surface area contributed by atoms with E-state index in [1.54, 1.807) is 13.0 Å². The van der Waals surface area contributed by atoms with Gasteiger partial charge < -0.3 is 15.5 Å². The van der Waals surface area contributed by atoms with E-state index >= 15 is 0 Å². The first-order chi connectivity index (χ1) is 8.44. The molecule has 0 bridgehead atoms. The molecule has 1 aromatic rings. The maximum atomic E-state index is 12.0. The van der Waals surface area contributed by atoms with Crippen molar-refractivity contribution >= 4 is 11.9 Å². The maximum Gasteiger partial charge on any atom is 0.335 e. The Morgan fingerprint density at radius 3 is 2.44 bits per heavy atom. The summed E-state index contributed by atoms with van der Waals surface area (Å²) in [6.45, 7) is 1.64. The number of carboxylic acid groups (broad SMARTS) is 1. The van der Waals surface area contributed by atoms with Gasteiger partial charge in [0.05, 0.1) is 17.2 Å². The van der Waals surface area contributed by atoms with Crippen LogP contribution >= 0.6 is 0 Å². The number of carboxylic acids is 1. The SMILES string of the molecule is CC(O)C1(NC(=O)c2cccc(C(=O)O)c2)CC1. The minimum absolute atomic E-state index is 0.0737. The van der Waals surface area contributed by atoms with Gasteiger partial charge in [-0.1, -0.05) is 6.07 Å². The molecule has 1 fully saturated rings. The number of aromatic carboxylic acids is 1. The number of amides is 1. The van der Waals surface area contributed by atoms with E-state index in [1.165, 1.54) is 18.2 Å². The summed E-state index contributed by atoms with van der Waals surface area (Å²) in [7, 11) is 0. The molecular weight excluding hydrogens is 234 g/mol. The molecule has 1 amide bonds. The fraction of sp³-hybridized carbons (Fsp3) is 0.385. The van der Waals surface area contributed by atoms with E-state index in [0.29, 0.717) is 5.56 Å². The van der Waals surface area contributed by atoms with E-state index in [-0.39, 0.29) is 11.5 Å². The topological polar surface area (TPSA) is 86.6 Å². The van der Waals surface area contributed by atoms with Gasteiger partial charge in [0, 0.05) is 5.56 Å². The number of rotatable bonds is 4. The minimum atomic E-state index is -1.07. The van der Waals surface area contributed by atoms with Crippen LogP contribution in [0.3, 0.4) is 0 Å². The lowest BCUT2D eigenvalue weighted by Gasteiger charge is -2.20. The number of aliphatic hydroxyl groups is 1. The first kappa shape index (κ1) is 12.6. The molecule has 1 atom stereocenters. The third kappa shape index (κ3) is 2.36. The summed E-state index contributed by atoms with van der Waals surface area (Å²) in [5.41, 5.74) is -0.164. The third-order valence-electron chi connectivity index (χ3n) is 3.32. The highest BCUT2D eigenvalue weighted by atomic mass is 16.4. The van der Waals surface area contributed by atoms with Crippen LogP contribution in [-0.2, 0) is 0 Å². The van der Waals surface area contributed by atoms with Crippen molar-refractivity contribution in [3.05, 3.63) is 35.4 Å². The summed E-state index contributed by atoms with van der Waals surface area (Å²) >= 11 is 0. The molecule has 5 heteroatoms. The van der Waals surface area contributed by atoms with Crippen LogP contribution in [0.4, 0.5) is 0 Å². The van der Waals surface area contributed by atoms with Crippen molar-refractivity contribution in [1.29, 1.82) is 0 Å². The van der Waals surface area contributed by atoms with Crippen LogP contribution in [0.1, 0.15) is 40.5 Å². The molecule has 1 aromatic carbocycles. The Morgan fingerprint density at radius 1 is 1.33 bits per heavy atom. The normalized spacial score (nSPS) is 17.9. The number of hydrogen-bond donors (Lipinski definition) is 3. The average molecular weight is 249 g/mol. The Bertz CT molecular complexity index is 492. The van der Waals surface area contributed by atoms with Crippen molar-refractivity contribution in [3.63, 3.8) is 0 Å². The van der Waals surface area contributed by atoms with Gasteiger partial charge in [-0.3, -0.25) is 4.79 Å². The van der Waals surface area contributed by atoms with Gasteiger partial charge >= 0.3 is 5.97 Å². The van der Waals surface area contributed by atoms with E-state index in [2.05, 4.69) is 5.32 Å². The van der Waals surface area contributed by atoms with Crippen LogP contribution in [0.2, 0.25) is 0 Å². The number of benzene rings is 1. The fourth-order valence-electron chi connectivity index (χ4n) is 1.87. The lowest BCUT2D eigenvalue weighted by atomic mass is 10.1. The van der Waals surface area contributed by atoms with Crippen LogP contribution in [0.5, 0.6) is 0 Å². The van der Waals surface area contributed by atoms with Crippen molar-refractivity contribution in [3.8, 4) is 0 Å². The minimum Gasteiger partial charge on any atom is -0.478 e. The Kier molecular flexibility index (Phi) is 3.09. The molecule has 1 unspecified atom stereocenters. The maximum absolute atomic E-state index is 12.0. The van der Waals surface area contributed by atoms with E-state index in [9.17, 15) is 14.7 Å². The monoisotopic (exact) mass is 249 g/mol. The van der Waals surface area contributed by atoms with Crippen LogP contribution in [-0.4, -0.2) is 33.7 Å². The number of aliphatic hydroxyl groups excluding tert-OH is 1. The Hall–Kier alpha value is -1.88. The van der Waals surface area contributed by atoms with Crippen LogP contribution < -0.4 is 5.32 Å². The molecule has 0 spiro atoms. The fourth-order valence-corrected chi connectivity index (χ4v) is 1.87. The lowest BCUT2D eigenvalue weighted by Crippen LogP contribution is -2.44. The zero-order valence-electron chi connectivity index (χ0n) is 10.0. The second-order valence-corrected chi connectivity index (χ2v) is 4.67. The molecule has 5 nitrogen and oxygen atoms in total. The quantitative estimate of drug-likeness (QED) is 0.743. The summed E-state index contributed by atoms with van der Waals surface area (Å²) in [5, 5.41) is 21.2. The summed E-state index contributed by atoms with van der Waals surface area (Å²) < 4.78 is 0. The molecule has 0 saturated heterocycles. The number of nitrogens with one attached hydrogen (secondary N) is 1. The molecular formula is C13H15NO4. The molecule has 2 rings (SSSR count). The molecule has 0 aliphatic heterocycles. The van der Waals surface area contributed by atoms with E-state index in [1.807, 2.05) is 0 Å². The zero-order valence-corrected chi connectivity index (χ0v) is 10.0. The summed E-state index contributed by atoms with van der Waals surface area (Å²) in [4.78, 5) is 22.8. The van der Waals surface area contributed by atoms with Crippen molar-refractivity contribution in [1.82, 2.24) is 5.32 Å². The Balaban J connectivity index is 2.14. The summed E-state index contributed by atoms with van der Waals surface area (Å²) in [5.74, 6) is -1.42. The second-order valence-electron chi connectivity index (χ2n) is 4.67. The van der Waals surface area contributed by atoms with Crippen molar-refractivity contribution in [2.24, 2.45) is 0 Å². The Morgan fingerprint density at radius 2 is 1.94 bits per heavy atom. The van der Waals surface area contributed by atoms with E-state index in [4.69, 9.17) is 5.11 Å².